The van der Waals surface area contributed by atoms with Crippen molar-refractivity contribution in [2.75, 3.05) is 0 Å². The summed E-state index contributed by atoms with van der Waals surface area (Å²) in [6.07, 6.45) is 4.42. The molecule has 130 valence electrons. The third-order valence-electron chi connectivity index (χ3n) is 4.83. The summed E-state index contributed by atoms with van der Waals surface area (Å²) in [5, 5.41) is 9.14. The van der Waals surface area contributed by atoms with E-state index in [1.165, 1.54) is 24.0 Å². The first-order valence-electron chi connectivity index (χ1n) is 9.07. The van der Waals surface area contributed by atoms with Gasteiger partial charge in [0, 0.05) is 18.5 Å². The minimum atomic E-state index is 0.495. The minimum Gasteiger partial charge on any atom is -0.233 e. The highest BCUT2D eigenvalue weighted by atomic mass is 15.5. The van der Waals surface area contributed by atoms with Gasteiger partial charge in [0.2, 0.25) is 0 Å². The van der Waals surface area contributed by atoms with E-state index in [1.54, 1.807) is 4.68 Å². The van der Waals surface area contributed by atoms with Crippen LogP contribution in [0.25, 0.3) is 17.3 Å². The molecule has 6 heteroatoms. The van der Waals surface area contributed by atoms with Crippen LogP contribution in [0.5, 0.6) is 0 Å². The van der Waals surface area contributed by atoms with Crippen LogP contribution in [0.1, 0.15) is 55.4 Å². The maximum atomic E-state index is 4.87. The van der Waals surface area contributed by atoms with E-state index in [2.05, 4.69) is 42.1 Å². The molecule has 2 aromatic heterocycles. The summed E-state index contributed by atoms with van der Waals surface area (Å²) < 4.78 is 3.62. The largest absolute Gasteiger partial charge is 0.251 e. The van der Waals surface area contributed by atoms with Crippen molar-refractivity contribution < 1.29 is 0 Å². The number of benzene rings is 1. The van der Waals surface area contributed by atoms with Gasteiger partial charge in [-0.3, -0.25) is 0 Å². The van der Waals surface area contributed by atoms with Crippen molar-refractivity contribution >= 4 is 0 Å². The van der Waals surface area contributed by atoms with Gasteiger partial charge in [0.05, 0.1) is 0 Å². The summed E-state index contributed by atoms with van der Waals surface area (Å²) in [5.41, 5.74) is 3.86. The second-order valence-corrected chi connectivity index (χ2v) is 6.75. The number of aryl methyl sites for hydroxylation is 4. The topological polar surface area (TPSA) is 61.4 Å². The Balaban J connectivity index is 1.87. The third-order valence-corrected chi connectivity index (χ3v) is 4.83. The first kappa shape index (κ1) is 16.0. The Labute approximate surface area is 147 Å². The molecule has 0 bridgehead atoms. The molecule has 0 radical (unpaired) electrons. The molecule has 1 aliphatic rings. The van der Waals surface area contributed by atoms with E-state index >= 15 is 0 Å². The highest BCUT2D eigenvalue weighted by molar-refractivity contribution is 5.59. The minimum absolute atomic E-state index is 0.495. The molecule has 1 aliphatic carbocycles. The molecule has 25 heavy (non-hydrogen) atoms. The zero-order chi connectivity index (χ0) is 17.6. The van der Waals surface area contributed by atoms with Gasteiger partial charge in [0.15, 0.2) is 11.6 Å². The van der Waals surface area contributed by atoms with Gasteiger partial charge >= 0.3 is 0 Å². The van der Waals surface area contributed by atoms with Crippen LogP contribution in [-0.2, 0) is 19.9 Å². The van der Waals surface area contributed by atoms with Crippen LogP contribution in [0.2, 0.25) is 0 Å². The van der Waals surface area contributed by atoms with Crippen molar-refractivity contribution in [1.82, 2.24) is 29.5 Å². The van der Waals surface area contributed by atoms with Crippen LogP contribution in [0.4, 0.5) is 0 Å². The van der Waals surface area contributed by atoms with Crippen molar-refractivity contribution in [1.29, 1.82) is 0 Å². The lowest BCUT2D eigenvalue weighted by Gasteiger charge is -2.09. The fourth-order valence-electron chi connectivity index (χ4n) is 3.29. The standard InChI is InChI=1S/C19H24N6/c1-5-13-7-10-16(11-14(13)6-2)18-21-17(15-8-9-15)23-25(18)19-20-12(3)22-24(19)4/h7,10-11,15H,5-6,8-9H2,1-4H3. The van der Waals surface area contributed by atoms with E-state index in [0.717, 1.165) is 35.9 Å². The summed E-state index contributed by atoms with van der Waals surface area (Å²) in [4.78, 5) is 9.42. The van der Waals surface area contributed by atoms with Crippen molar-refractivity contribution in [3.63, 3.8) is 0 Å². The number of hydrogen-bond acceptors (Lipinski definition) is 4. The molecule has 1 fully saturated rings. The lowest BCUT2D eigenvalue weighted by Crippen LogP contribution is -2.08. The van der Waals surface area contributed by atoms with E-state index in [1.807, 2.05) is 18.7 Å². The van der Waals surface area contributed by atoms with Crippen LogP contribution in [0.15, 0.2) is 18.2 Å². The van der Waals surface area contributed by atoms with E-state index in [4.69, 9.17) is 10.1 Å². The van der Waals surface area contributed by atoms with Crippen LogP contribution in [0, 0.1) is 6.92 Å². The first-order chi connectivity index (χ1) is 12.1. The van der Waals surface area contributed by atoms with E-state index in [-0.39, 0.29) is 0 Å². The summed E-state index contributed by atoms with van der Waals surface area (Å²) >= 11 is 0. The predicted molar refractivity (Wildman–Crippen MR) is 96.8 cm³/mol. The van der Waals surface area contributed by atoms with Gasteiger partial charge in [-0.05, 0) is 49.8 Å². The Hall–Kier alpha value is -2.50. The lowest BCUT2D eigenvalue weighted by atomic mass is 10.00. The normalized spacial score (nSPS) is 14.2. The van der Waals surface area contributed by atoms with Crippen molar-refractivity contribution in [2.45, 2.75) is 52.4 Å². The molecule has 3 aromatic rings. The van der Waals surface area contributed by atoms with Gasteiger partial charge in [-0.25, -0.2) is 9.67 Å². The van der Waals surface area contributed by atoms with Crippen molar-refractivity contribution in [2.24, 2.45) is 7.05 Å². The highest BCUT2D eigenvalue weighted by Crippen LogP contribution is 2.39. The third kappa shape index (κ3) is 2.86. The first-order valence-corrected chi connectivity index (χ1v) is 9.07. The molecule has 1 saturated carbocycles. The second kappa shape index (κ2) is 6.10. The molecular formula is C19H24N6. The zero-order valence-electron chi connectivity index (χ0n) is 15.3. The zero-order valence-corrected chi connectivity index (χ0v) is 15.3. The van der Waals surface area contributed by atoms with Crippen molar-refractivity contribution in [3.05, 3.63) is 41.0 Å². The van der Waals surface area contributed by atoms with Crippen LogP contribution in [-0.4, -0.2) is 29.5 Å². The molecule has 0 N–H and O–H groups in total. The van der Waals surface area contributed by atoms with Gasteiger partial charge in [-0.1, -0.05) is 26.0 Å². The Morgan fingerprint density at radius 3 is 2.40 bits per heavy atom. The maximum absolute atomic E-state index is 4.87. The van der Waals surface area contributed by atoms with Crippen molar-refractivity contribution in [3.8, 4) is 17.3 Å². The van der Waals surface area contributed by atoms with Crippen LogP contribution >= 0.6 is 0 Å². The van der Waals surface area contributed by atoms with Gasteiger partial charge in [0.25, 0.3) is 5.95 Å². The molecular weight excluding hydrogens is 312 g/mol. The fourth-order valence-corrected chi connectivity index (χ4v) is 3.29. The SMILES string of the molecule is CCc1ccc(-c2nc(C3CC3)nn2-c2nc(C)nn2C)cc1CC. The molecule has 0 spiro atoms. The molecule has 0 aliphatic heterocycles. The number of aromatic nitrogens is 6. The Kier molecular flexibility index (Phi) is 3.90. The van der Waals surface area contributed by atoms with Crippen LogP contribution < -0.4 is 0 Å². The predicted octanol–water partition coefficient (Wildman–Crippen LogP) is 3.37. The summed E-state index contributed by atoms with van der Waals surface area (Å²) in [6.45, 7) is 6.29. The summed E-state index contributed by atoms with van der Waals surface area (Å²) in [5.74, 6) is 3.73. The van der Waals surface area contributed by atoms with E-state index in [9.17, 15) is 0 Å². The molecule has 2 heterocycles. The summed E-state index contributed by atoms with van der Waals surface area (Å²) in [6, 6.07) is 6.61. The average Bonchev–Trinajstić information content (AvgIpc) is 3.29. The molecule has 0 amide bonds. The molecule has 4 rings (SSSR count). The summed E-state index contributed by atoms with van der Waals surface area (Å²) in [7, 11) is 1.90. The highest BCUT2D eigenvalue weighted by Gasteiger charge is 2.30. The second-order valence-electron chi connectivity index (χ2n) is 6.75. The molecule has 0 saturated heterocycles. The maximum Gasteiger partial charge on any atom is 0.251 e. The quantitative estimate of drug-likeness (QED) is 0.716. The number of nitrogens with zero attached hydrogens (tertiary/aromatic N) is 6. The van der Waals surface area contributed by atoms with E-state index in [0.29, 0.717) is 11.9 Å². The van der Waals surface area contributed by atoms with Gasteiger partial charge in [-0.2, -0.15) is 14.8 Å². The lowest BCUT2D eigenvalue weighted by molar-refractivity contribution is 0.683. The molecule has 1 aromatic carbocycles. The van der Waals surface area contributed by atoms with Crippen LogP contribution in [0.3, 0.4) is 0 Å². The number of rotatable bonds is 5. The molecule has 6 nitrogen and oxygen atoms in total. The average molecular weight is 336 g/mol. The Bertz CT molecular complexity index is 916. The van der Waals surface area contributed by atoms with Gasteiger partial charge in [0.1, 0.15) is 5.82 Å². The fraction of sp³-hybridized carbons (Fsp3) is 0.474. The smallest absolute Gasteiger partial charge is 0.233 e. The molecule has 0 atom stereocenters. The monoisotopic (exact) mass is 336 g/mol. The Morgan fingerprint density at radius 2 is 1.80 bits per heavy atom. The number of hydrogen-bond donors (Lipinski definition) is 0. The van der Waals surface area contributed by atoms with Gasteiger partial charge in [-0.15, -0.1) is 5.10 Å². The van der Waals surface area contributed by atoms with E-state index < -0.39 is 0 Å². The van der Waals surface area contributed by atoms with Gasteiger partial charge < -0.3 is 0 Å². The Morgan fingerprint density at radius 1 is 1.04 bits per heavy atom. The molecule has 0 unspecified atom stereocenters.